The van der Waals surface area contributed by atoms with E-state index in [4.69, 9.17) is 0 Å². The Kier molecular flexibility index (Phi) is 8.60. The number of nitrogens with one attached hydrogen (secondary N) is 1. The molecule has 0 saturated carbocycles. The molecular weight excluding hydrogens is 242 g/mol. The van der Waals surface area contributed by atoms with E-state index in [1.807, 2.05) is 0 Å². The van der Waals surface area contributed by atoms with Gasteiger partial charge in [0, 0.05) is 6.04 Å². The molecule has 0 heterocycles. The first-order chi connectivity index (χ1) is 9.69. The second-order valence-corrected chi connectivity index (χ2v) is 6.19. The van der Waals surface area contributed by atoms with Crippen molar-refractivity contribution in [3.63, 3.8) is 0 Å². The molecule has 1 N–H and O–H groups in total. The highest BCUT2D eigenvalue weighted by Crippen LogP contribution is 2.22. The standard InChI is InChI=1S/C19H33N/c1-5-7-8-9-10-15-20-19(16(3)4)18-13-11-17(6-2)12-14-18/h11-14,16,19-20H,5-10,15H2,1-4H3. The van der Waals surface area contributed by atoms with E-state index in [-0.39, 0.29) is 0 Å². The Morgan fingerprint density at radius 1 is 0.900 bits per heavy atom. The van der Waals surface area contributed by atoms with Gasteiger partial charge in [0.15, 0.2) is 0 Å². The normalized spacial score (nSPS) is 12.8. The van der Waals surface area contributed by atoms with E-state index >= 15 is 0 Å². The van der Waals surface area contributed by atoms with Crippen molar-refractivity contribution < 1.29 is 0 Å². The zero-order chi connectivity index (χ0) is 14.8. The van der Waals surface area contributed by atoms with Gasteiger partial charge in [-0.25, -0.2) is 0 Å². The average molecular weight is 275 g/mol. The number of aryl methyl sites for hydroxylation is 1. The summed E-state index contributed by atoms with van der Waals surface area (Å²) in [6, 6.07) is 9.63. The smallest absolute Gasteiger partial charge is 0.0343 e. The van der Waals surface area contributed by atoms with Gasteiger partial charge in [-0.2, -0.15) is 0 Å². The van der Waals surface area contributed by atoms with E-state index in [1.54, 1.807) is 0 Å². The zero-order valence-corrected chi connectivity index (χ0v) is 13.9. The van der Waals surface area contributed by atoms with Crippen molar-refractivity contribution in [3.8, 4) is 0 Å². The lowest BCUT2D eigenvalue weighted by Gasteiger charge is -2.23. The molecule has 1 unspecified atom stereocenters. The summed E-state index contributed by atoms with van der Waals surface area (Å²) in [5.74, 6) is 0.637. The Morgan fingerprint density at radius 2 is 1.55 bits per heavy atom. The second-order valence-electron chi connectivity index (χ2n) is 6.19. The minimum Gasteiger partial charge on any atom is -0.310 e. The van der Waals surface area contributed by atoms with Gasteiger partial charge in [-0.15, -0.1) is 0 Å². The van der Waals surface area contributed by atoms with Gasteiger partial charge in [-0.3, -0.25) is 0 Å². The summed E-state index contributed by atoms with van der Waals surface area (Å²) >= 11 is 0. The van der Waals surface area contributed by atoms with E-state index in [0.717, 1.165) is 13.0 Å². The fourth-order valence-electron chi connectivity index (χ4n) is 2.69. The topological polar surface area (TPSA) is 12.0 Å². The Bertz CT molecular complexity index is 339. The van der Waals surface area contributed by atoms with Gasteiger partial charge in [0.05, 0.1) is 0 Å². The fraction of sp³-hybridized carbons (Fsp3) is 0.684. The van der Waals surface area contributed by atoms with Crippen LogP contribution in [0, 0.1) is 5.92 Å². The van der Waals surface area contributed by atoms with E-state index in [1.165, 1.54) is 43.2 Å². The first-order valence-electron chi connectivity index (χ1n) is 8.51. The van der Waals surface area contributed by atoms with Crippen molar-refractivity contribution in [1.82, 2.24) is 5.32 Å². The molecule has 1 aromatic carbocycles. The number of rotatable bonds is 10. The first-order valence-corrected chi connectivity index (χ1v) is 8.51. The van der Waals surface area contributed by atoms with Gasteiger partial charge in [0.1, 0.15) is 0 Å². The molecule has 0 aliphatic rings. The summed E-state index contributed by atoms with van der Waals surface area (Å²) in [5.41, 5.74) is 2.86. The molecule has 0 aromatic heterocycles. The van der Waals surface area contributed by atoms with E-state index in [0.29, 0.717) is 12.0 Å². The fourth-order valence-corrected chi connectivity index (χ4v) is 2.69. The lowest BCUT2D eigenvalue weighted by atomic mass is 9.94. The molecule has 0 fully saturated rings. The summed E-state index contributed by atoms with van der Waals surface area (Å²) < 4.78 is 0. The maximum atomic E-state index is 3.75. The Balaban J connectivity index is 2.43. The van der Waals surface area contributed by atoms with Crippen LogP contribution in [0.15, 0.2) is 24.3 Å². The molecule has 0 radical (unpaired) electrons. The molecule has 114 valence electrons. The molecule has 1 atom stereocenters. The van der Waals surface area contributed by atoms with Crippen LogP contribution in [-0.2, 0) is 6.42 Å². The number of hydrogen-bond donors (Lipinski definition) is 1. The monoisotopic (exact) mass is 275 g/mol. The van der Waals surface area contributed by atoms with Gasteiger partial charge < -0.3 is 5.32 Å². The van der Waals surface area contributed by atoms with Crippen molar-refractivity contribution >= 4 is 0 Å². The Morgan fingerprint density at radius 3 is 2.10 bits per heavy atom. The van der Waals surface area contributed by atoms with Gasteiger partial charge in [-0.05, 0) is 36.4 Å². The van der Waals surface area contributed by atoms with Gasteiger partial charge in [0.2, 0.25) is 0 Å². The summed E-state index contributed by atoms with van der Waals surface area (Å²) in [7, 11) is 0. The quantitative estimate of drug-likeness (QED) is 0.555. The second kappa shape index (κ2) is 9.99. The summed E-state index contributed by atoms with van der Waals surface area (Å²) in [6.45, 7) is 10.2. The van der Waals surface area contributed by atoms with E-state index < -0.39 is 0 Å². The number of unbranched alkanes of at least 4 members (excludes halogenated alkanes) is 4. The summed E-state index contributed by atoms with van der Waals surface area (Å²) in [5, 5.41) is 3.75. The molecule has 1 nitrogen and oxygen atoms in total. The van der Waals surface area contributed by atoms with Crippen LogP contribution in [0.5, 0.6) is 0 Å². The third kappa shape index (κ3) is 6.09. The molecule has 0 aliphatic heterocycles. The molecule has 20 heavy (non-hydrogen) atoms. The van der Waals surface area contributed by atoms with E-state index in [2.05, 4.69) is 57.3 Å². The molecule has 0 spiro atoms. The molecule has 0 saturated heterocycles. The molecule has 1 aromatic rings. The van der Waals surface area contributed by atoms with Gasteiger partial charge in [-0.1, -0.05) is 77.6 Å². The van der Waals surface area contributed by atoms with Crippen molar-refractivity contribution in [3.05, 3.63) is 35.4 Å². The minimum atomic E-state index is 0.493. The SMILES string of the molecule is CCCCCCCNC(c1ccc(CC)cc1)C(C)C. The Hall–Kier alpha value is -0.820. The Labute approximate surface area is 126 Å². The maximum Gasteiger partial charge on any atom is 0.0343 e. The molecule has 0 bridgehead atoms. The molecule has 1 heteroatoms. The molecular formula is C19H33N. The molecule has 1 rings (SSSR count). The lowest BCUT2D eigenvalue weighted by Crippen LogP contribution is -2.26. The van der Waals surface area contributed by atoms with E-state index in [9.17, 15) is 0 Å². The third-order valence-corrected chi connectivity index (χ3v) is 4.06. The highest BCUT2D eigenvalue weighted by atomic mass is 14.9. The largest absolute Gasteiger partial charge is 0.310 e. The van der Waals surface area contributed by atoms with Gasteiger partial charge in [0.25, 0.3) is 0 Å². The molecule has 0 amide bonds. The van der Waals surface area contributed by atoms with Crippen molar-refractivity contribution in [1.29, 1.82) is 0 Å². The number of hydrogen-bond acceptors (Lipinski definition) is 1. The summed E-state index contributed by atoms with van der Waals surface area (Å²) in [4.78, 5) is 0. The predicted molar refractivity (Wildman–Crippen MR) is 90.2 cm³/mol. The van der Waals surface area contributed by atoms with Crippen LogP contribution in [0.3, 0.4) is 0 Å². The van der Waals surface area contributed by atoms with Crippen LogP contribution in [0.25, 0.3) is 0 Å². The maximum absolute atomic E-state index is 3.75. The van der Waals surface area contributed by atoms with Crippen LogP contribution in [0.2, 0.25) is 0 Å². The highest BCUT2D eigenvalue weighted by molar-refractivity contribution is 5.25. The van der Waals surface area contributed by atoms with Crippen LogP contribution in [0.1, 0.15) is 77.0 Å². The van der Waals surface area contributed by atoms with Crippen molar-refractivity contribution in [2.45, 2.75) is 72.3 Å². The van der Waals surface area contributed by atoms with Gasteiger partial charge >= 0.3 is 0 Å². The molecule has 0 aliphatic carbocycles. The first kappa shape index (κ1) is 17.2. The third-order valence-electron chi connectivity index (χ3n) is 4.06. The number of benzene rings is 1. The zero-order valence-electron chi connectivity index (χ0n) is 13.9. The summed E-state index contributed by atoms with van der Waals surface area (Å²) in [6.07, 6.45) is 7.88. The van der Waals surface area contributed by atoms with Crippen LogP contribution < -0.4 is 5.32 Å². The average Bonchev–Trinajstić information content (AvgIpc) is 2.46. The van der Waals surface area contributed by atoms with Crippen LogP contribution in [-0.4, -0.2) is 6.54 Å². The van der Waals surface area contributed by atoms with Crippen LogP contribution >= 0.6 is 0 Å². The van der Waals surface area contributed by atoms with Crippen LogP contribution in [0.4, 0.5) is 0 Å². The minimum absolute atomic E-state index is 0.493. The van der Waals surface area contributed by atoms with Crippen molar-refractivity contribution in [2.24, 2.45) is 5.92 Å². The van der Waals surface area contributed by atoms with Crippen molar-refractivity contribution in [2.75, 3.05) is 6.54 Å². The lowest BCUT2D eigenvalue weighted by molar-refractivity contribution is 0.405. The predicted octanol–water partition coefficient (Wildman–Crippen LogP) is 5.51. The highest BCUT2D eigenvalue weighted by Gasteiger charge is 2.14.